The second-order valence-corrected chi connectivity index (χ2v) is 7.24. The van der Waals surface area contributed by atoms with Gasteiger partial charge in [0.2, 0.25) is 0 Å². The lowest BCUT2D eigenvalue weighted by atomic mass is 9.89. The van der Waals surface area contributed by atoms with Crippen LogP contribution in [0.3, 0.4) is 0 Å². The molecule has 2 aromatic rings. The standard InChI is InChI=1S/C20H20BrF3O3/c1-19(26,18-6-3-2-5-15(18)12-25)7-4-8-27-13-14-9-16(20(22,23)24)11-17(21)10-14/h2-6,8-11,25-26H,7,12-13H2,1H3. The van der Waals surface area contributed by atoms with Crippen molar-refractivity contribution in [1.82, 2.24) is 0 Å². The van der Waals surface area contributed by atoms with E-state index < -0.39 is 17.3 Å². The minimum atomic E-state index is -4.42. The number of halogens is 4. The van der Waals surface area contributed by atoms with Gasteiger partial charge < -0.3 is 14.9 Å². The van der Waals surface area contributed by atoms with Crippen molar-refractivity contribution in [3.63, 3.8) is 0 Å². The van der Waals surface area contributed by atoms with Gasteiger partial charge in [-0.2, -0.15) is 13.2 Å². The largest absolute Gasteiger partial charge is 0.497 e. The highest BCUT2D eigenvalue weighted by molar-refractivity contribution is 9.10. The van der Waals surface area contributed by atoms with Crippen LogP contribution >= 0.6 is 15.9 Å². The predicted molar refractivity (Wildman–Crippen MR) is 99.6 cm³/mol. The SMILES string of the molecule is CC(O)(CC=COCc1cc(Br)cc(C(F)(F)F)c1)c1ccccc1CO. The molecule has 1 atom stereocenters. The Hall–Kier alpha value is -1.83. The van der Waals surface area contributed by atoms with Gasteiger partial charge in [-0.25, -0.2) is 0 Å². The summed E-state index contributed by atoms with van der Waals surface area (Å²) in [4.78, 5) is 0. The zero-order valence-electron chi connectivity index (χ0n) is 14.6. The molecule has 0 bridgehead atoms. The van der Waals surface area contributed by atoms with Gasteiger partial charge in [0.1, 0.15) is 6.61 Å². The van der Waals surface area contributed by atoms with Gasteiger partial charge in [0.25, 0.3) is 0 Å². The van der Waals surface area contributed by atoms with Crippen molar-refractivity contribution in [3.8, 4) is 0 Å². The van der Waals surface area contributed by atoms with E-state index in [2.05, 4.69) is 15.9 Å². The van der Waals surface area contributed by atoms with E-state index in [-0.39, 0.29) is 19.6 Å². The highest BCUT2D eigenvalue weighted by atomic mass is 79.9. The summed E-state index contributed by atoms with van der Waals surface area (Å²) in [6, 6.07) is 10.6. The van der Waals surface area contributed by atoms with Gasteiger partial charge in [-0.3, -0.25) is 0 Å². The fraction of sp³-hybridized carbons (Fsp3) is 0.300. The maximum absolute atomic E-state index is 12.8. The second-order valence-electron chi connectivity index (χ2n) is 6.32. The molecule has 1 unspecified atom stereocenters. The molecule has 0 amide bonds. The molecule has 0 aromatic heterocycles. The van der Waals surface area contributed by atoms with E-state index in [0.29, 0.717) is 21.2 Å². The third-order valence-electron chi connectivity index (χ3n) is 4.01. The summed E-state index contributed by atoms with van der Waals surface area (Å²) in [6.07, 6.45) is -1.26. The van der Waals surface area contributed by atoms with E-state index in [1.54, 1.807) is 43.3 Å². The van der Waals surface area contributed by atoms with Crippen LogP contribution in [0.1, 0.15) is 35.6 Å². The zero-order valence-corrected chi connectivity index (χ0v) is 16.2. The topological polar surface area (TPSA) is 49.7 Å². The molecule has 7 heteroatoms. The maximum atomic E-state index is 12.8. The first-order chi connectivity index (χ1) is 12.6. The van der Waals surface area contributed by atoms with Crippen LogP contribution in [0.5, 0.6) is 0 Å². The first kappa shape index (κ1) is 21.5. The van der Waals surface area contributed by atoms with Gasteiger partial charge in [-0.15, -0.1) is 0 Å². The van der Waals surface area contributed by atoms with Gasteiger partial charge in [0.15, 0.2) is 0 Å². The van der Waals surface area contributed by atoms with Crippen molar-refractivity contribution in [1.29, 1.82) is 0 Å². The summed E-state index contributed by atoms with van der Waals surface area (Å²) in [5.41, 5.74) is -0.343. The highest BCUT2D eigenvalue weighted by Crippen LogP contribution is 2.32. The summed E-state index contributed by atoms with van der Waals surface area (Å²) >= 11 is 3.07. The molecule has 0 aliphatic heterocycles. The molecule has 0 fully saturated rings. The fourth-order valence-corrected chi connectivity index (χ4v) is 3.22. The number of hydrogen-bond donors (Lipinski definition) is 2. The maximum Gasteiger partial charge on any atom is 0.416 e. The van der Waals surface area contributed by atoms with E-state index in [4.69, 9.17) is 4.74 Å². The minimum absolute atomic E-state index is 0.0333. The lowest BCUT2D eigenvalue weighted by Gasteiger charge is -2.24. The fourth-order valence-electron chi connectivity index (χ4n) is 2.68. The van der Waals surface area contributed by atoms with Crippen molar-refractivity contribution in [2.45, 2.75) is 38.3 Å². The van der Waals surface area contributed by atoms with Gasteiger partial charge >= 0.3 is 6.18 Å². The average molecular weight is 445 g/mol. The number of ether oxygens (including phenoxy) is 1. The molecule has 0 saturated carbocycles. The molecule has 2 rings (SSSR count). The van der Waals surface area contributed by atoms with Crippen molar-refractivity contribution in [3.05, 3.63) is 81.5 Å². The van der Waals surface area contributed by atoms with Crippen LogP contribution in [0, 0.1) is 0 Å². The predicted octanol–water partition coefficient (Wildman–Crippen LogP) is 5.29. The molecule has 3 nitrogen and oxygen atoms in total. The summed E-state index contributed by atoms with van der Waals surface area (Å²) < 4.78 is 44.1. The molecule has 2 N–H and O–H groups in total. The van der Waals surface area contributed by atoms with Crippen LogP contribution in [-0.2, 0) is 29.7 Å². The summed E-state index contributed by atoms with van der Waals surface area (Å²) in [7, 11) is 0. The molecule has 27 heavy (non-hydrogen) atoms. The van der Waals surface area contributed by atoms with Gasteiger partial charge in [0, 0.05) is 10.9 Å². The molecular weight excluding hydrogens is 425 g/mol. The van der Waals surface area contributed by atoms with Crippen molar-refractivity contribution >= 4 is 15.9 Å². The second kappa shape index (κ2) is 8.91. The van der Waals surface area contributed by atoms with Gasteiger partial charge in [-0.05, 0) is 47.9 Å². The van der Waals surface area contributed by atoms with Crippen molar-refractivity contribution in [2.24, 2.45) is 0 Å². The van der Waals surface area contributed by atoms with Crippen molar-refractivity contribution in [2.75, 3.05) is 0 Å². The summed E-state index contributed by atoms with van der Waals surface area (Å²) in [6.45, 7) is 1.40. The van der Waals surface area contributed by atoms with E-state index in [1.807, 2.05) is 0 Å². The summed E-state index contributed by atoms with van der Waals surface area (Å²) in [5.74, 6) is 0. The molecule has 0 aliphatic rings. The third kappa shape index (κ3) is 6.09. The number of aliphatic hydroxyl groups is 2. The Morgan fingerprint density at radius 1 is 1.15 bits per heavy atom. The van der Waals surface area contributed by atoms with Crippen molar-refractivity contribution < 1.29 is 28.1 Å². The van der Waals surface area contributed by atoms with Gasteiger partial charge in [0.05, 0.1) is 24.0 Å². The first-order valence-corrected chi connectivity index (χ1v) is 8.97. The number of aliphatic hydroxyl groups excluding tert-OH is 1. The summed E-state index contributed by atoms with van der Waals surface area (Å²) in [5, 5.41) is 20.0. The molecule has 0 aliphatic carbocycles. The Labute approximate surface area is 164 Å². The van der Waals surface area contributed by atoms with Crippen LogP contribution in [0.4, 0.5) is 13.2 Å². The van der Waals surface area contributed by atoms with Crippen LogP contribution in [0.2, 0.25) is 0 Å². The van der Waals surface area contributed by atoms with Gasteiger partial charge in [-0.1, -0.05) is 40.2 Å². The first-order valence-electron chi connectivity index (χ1n) is 8.18. The Morgan fingerprint density at radius 3 is 2.52 bits per heavy atom. The highest BCUT2D eigenvalue weighted by Gasteiger charge is 2.31. The molecular formula is C20H20BrF3O3. The lowest BCUT2D eigenvalue weighted by molar-refractivity contribution is -0.137. The van der Waals surface area contributed by atoms with Crippen LogP contribution in [0.15, 0.2) is 59.3 Å². The number of hydrogen-bond acceptors (Lipinski definition) is 3. The lowest BCUT2D eigenvalue weighted by Crippen LogP contribution is -2.22. The van der Waals surface area contributed by atoms with Crippen LogP contribution < -0.4 is 0 Å². The Balaban J connectivity index is 1.98. The smallest absolute Gasteiger partial charge is 0.416 e. The zero-order chi connectivity index (χ0) is 20.1. The average Bonchev–Trinajstić information content (AvgIpc) is 2.60. The Kier molecular flexibility index (Phi) is 7.08. The normalized spacial score (nSPS) is 14.3. The minimum Gasteiger partial charge on any atom is -0.497 e. The molecule has 146 valence electrons. The number of rotatable bonds is 7. The van der Waals surface area contributed by atoms with E-state index in [9.17, 15) is 23.4 Å². The molecule has 0 heterocycles. The number of alkyl halides is 3. The molecule has 0 radical (unpaired) electrons. The molecule has 0 saturated heterocycles. The Bertz CT molecular complexity index is 801. The molecule has 0 spiro atoms. The number of benzene rings is 2. The van der Waals surface area contributed by atoms with Crippen LogP contribution in [0.25, 0.3) is 0 Å². The van der Waals surface area contributed by atoms with E-state index in [1.165, 1.54) is 6.26 Å². The van der Waals surface area contributed by atoms with Crippen LogP contribution in [-0.4, -0.2) is 10.2 Å². The Morgan fingerprint density at radius 2 is 1.85 bits per heavy atom. The van der Waals surface area contributed by atoms with E-state index >= 15 is 0 Å². The quantitative estimate of drug-likeness (QED) is 0.570. The van der Waals surface area contributed by atoms with E-state index in [0.717, 1.165) is 12.1 Å². The third-order valence-corrected chi connectivity index (χ3v) is 4.47. The molecule has 2 aromatic carbocycles. The monoisotopic (exact) mass is 444 g/mol.